The van der Waals surface area contributed by atoms with Gasteiger partial charge in [0, 0.05) is 11.4 Å². The Morgan fingerprint density at radius 2 is 1.94 bits per heavy atom. The molecule has 4 heteroatoms. The van der Waals surface area contributed by atoms with Gasteiger partial charge in [-0.2, -0.15) is 0 Å². The molecule has 1 rings (SSSR count). The van der Waals surface area contributed by atoms with Gasteiger partial charge in [0.1, 0.15) is 5.25 Å². The Morgan fingerprint density at radius 1 is 1.38 bits per heavy atom. The van der Waals surface area contributed by atoms with Crippen molar-refractivity contribution in [2.45, 2.75) is 29.9 Å². The van der Waals surface area contributed by atoms with E-state index >= 15 is 0 Å². The van der Waals surface area contributed by atoms with Crippen molar-refractivity contribution in [3.8, 4) is 0 Å². The van der Waals surface area contributed by atoms with Gasteiger partial charge < -0.3 is 10.8 Å². The molecule has 0 aliphatic carbocycles. The number of carbonyl (C=O) groups is 1. The highest BCUT2D eigenvalue weighted by Crippen LogP contribution is 2.25. The fourth-order valence-corrected chi connectivity index (χ4v) is 2.11. The molecule has 0 aliphatic heterocycles. The molecule has 88 valence electrons. The van der Waals surface area contributed by atoms with E-state index in [4.69, 9.17) is 10.8 Å². The smallest absolute Gasteiger partial charge is 0.318 e. The van der Waals surface area contributed by atoms with E-state index in [1.54, 1.807) is 0 Å². The fraction of sp³-hybridized carbons (Fsp3) is 0.417. The second-order valence-electron chi connectivity index (χ2n) is 3.90. The van der Waals surface area contributed by atoms with Crippen molar-refractivity contribution in [3.05, 3.63) is 29.8 Å². The Balaban J connectivity index is 2.71. The van der Waals surface area contributed by atoms with E-state index in [0.29, 0.717) is 5.92 Å². The highest BCUT2D eigenvalue weighted by Gasteiger charge is 2.16. The van der Waals surface area contributed by atoms with Crippen molar-refractivity contribution in [1.29, 1.82) is 0 Å². The monoisotopic (exact) mass is 239 g/mol. The standard InChI is InChI=1S/C12H17NO2S/c1-8(2)9-3-5-10(6-4-9)16-11(7-13)12(14)15/h3-6,8,11H,7,13H2,1-2H3,(H,14,15). The molecule has 1 aromatic rings. The van der Waals surface area contributed by atoms with Crippen LogP contribution in [0.15, 0.2) is 29.2 Å². The molecule has 0 aliphatic rings. The summed E-state index contributed by atoms with van der Waals surface area (Å²) >= 11 is 1.29. The minimum absolute atomic E-state index is 0.145. The molecule has 3 N–H and O–H groups in total. The Kier molecular flexibility index (Phi) is 4.83. The molecule has 1 unspecified atom stereocenters. The van der Waals surface area contributed by atoms with E-state index in [1.165, 1.54) is 17.3 Å². The maximum Gasteiger partial charge on any atom is 0.318 e. The molecule has 16 heavy (non-hydrogen) atoms. The zero-order chi connectivity index (χ0) is 12.1. The third-order valence-electron chi connectivity index (χ3n) is 2.31. The van der Waals surface area contributed by atoms with Crippen molar-refractivity contribution in [2.24, 2.45) is 5.73 Å². The SMILES string of the molecule is CC(C)c1ccc(SC(CN)C(=O)O)cc1. The molecule has 3 nitrogen and oxygen atoms in total. The van der Waals surface area contributed by atoms with Crippen LogP contribution in [-0.4, -0.2) is 22.9 Å². The van der Waals surface area contributed by atoms with Gasteiger partial charge in [-0.1, -0.05) is 26.0 Å². The van der Waals surface area contributed by atoms with Crippen LogP contribution in [0.5, 0.6) is 0 Å². The van der Waals surface area contributed by atoms with E-state index < -0.39 is 11.2 Å². The van der Waals surface area contributed by atoms with Crippen LogP contribution < -0.4 is 5.73 Å². The van der Waals surface area contributed by atoms with Gasteiger partial charge in [0.25, 0.3) is 0 Å². The summed E-state index contributed by atoms with van der Waals surface area (Å²) in [6.45, 7) is 4.40. The van der Waals surface area contributed by atoms with Gasteiger partial charge in [-0.15, -0.1) is 11.8 Å². The summed E-state index contributed by atoms with van der Waals surface area (Å²) in [4.78, 5) is 11.8. The first-order valence-corrected chi connectivity index (χ1v) is 6.12. The van der Waals surface area contributed by atoms with E-state index in [1.807, 2.05) is 24.3 Å². The second kappa shape index (κ2) is 5.92. The van der Waals surface area contributed by atoms with Crippen molar-refractivity contribution >= 4 is 17.7 Å². The van der Waals surface area contributed by atoms with Gasteiger partial charge in [-0.3, -0.25) is 4.79 Å². The van der Waals surface area contributed by atoms with E-state index in [2.05, 4.69) is 13.8 Å². The van der Waals surface area contributed by atoms with Gasteiger partial charge >= 0.3 is 5.97 Å². The number of aliphatic carboxylic acids is 1. The number of hydrogen-bond donors (Lipinski definition) is 2. The molecule has 0 spiro atoms. The van der Waals surface area contributed by atoms with Gasteiger partial charge in [0.15, 0.2) is 0 Å². The lowest BCUT2D eigenvalue weighted by Crippen LogP contribution is -2.25. The van der Waals surface area contributed by atoms with Crippen molar-refractivity contribution in [3.63, 3.8) is 0 Å². The average Bonchev–Trinajstić information content (AvgIpc) is 2.26. The topological polar surface area (TPSA) is 63.3 Å². The highest BCUT2D eigenvalue weighted by atomic mass is 32.2. The summed E-state index contributed by atoms with van der Waals surface area (Å²) < 4.78 is 0. The van der Waals surface area contributed by atoms with Crippen LogP contribution in [0.1, 0.15) is 25.3 Å². The van der Waals surface area contributed by atoms with Crippen molar-refractivity contribution in [1.82, 2.24) is 0 Å². The largest absolute Gasteiger partial charge is 0.480 e. The van der Waals surface area contributed by atoms with Crippen LogP contribution in [0.25, 0.3) is 0 Å². The van der Waals surface area contributed by atoms with Crippen molar-refractivity contribution in [2.75, 3.05) is 6.54 Å². The number of thioether (sulfide) groups is 1. The van der Waals surface area contributed by atoms with E-state index in [0.717, 1.165) is 4.90 Å². The second-order valence-corrected chi connectivity index (χ2v) is 5.18. The van der Waals surface area contributed by atoms with Gasteiger partial charge in [-0.25, -0.2) is 0 Å². The van der Waals surface area contributed by atoms with E-state index in [-0.39, 0.29) is 6.54 Å². The Labute approximate surface area is 100 Å². The van der Waals surface area contributed by atoms with E-state index in [9.17, 15) is 4.79 Å². The Morgan fingerprint density at radius 3 is 2.31 bits per heavy atom. The lowest BCUT2D eigenvalue weighted by Gasteiger charge is -2.10. The number of carboxylic acid groups (broad SMARTS) is 1. The average molecular weight is 239 g/mol. The molecule has 0 radical (unpaired) electrons. The molecule has 1 atom stereocenters. The Hall–Kier alpha value is -1.00. The van der Waals surface area contributed by atoms with Crippen LogP contribution in [0.3, 0.4) is 0 Å². The van der Waals surface area contributed by atoms with Crippen LogP contribution in [0, 0.1) is 0 Å². The molecular weight excluding hydrogens is 222 g/mol. The number of hydrogen-bond acceptors (Lipinski definition) is 3. The molecule has 0 amide bonds. The molecule has 0 aromatic heterocycles. The van der Waals surface area contributed by atoms with Crippen LogP contribution in [0.4, 0.5) is 0 Å². The third-order valence-corrected chi connectivity index (χ3v) is 3.54. The summed E-state index contributed by atoms with van der Waals surface area (Å²) in [6, 6.07) is 7.96. The predicted molar refractivity (Wildman–Crippen MR) is 66.9 cm³/mol. The number of rotatable bonds is 5. The minimum Gasteiger partial charge on any atom is -0.480 e. The van der Waals surface area contributed by atoms with Gasteiger partial charge in [0.2, 0.25) is 0 Å². The van der Waals surface area contributed by atoms with Gasteiger partial charge in [-0.05, 0) is 23.6 Å². The van der Waals surface area contributed by atoms with Gasteiger partial charge in [0.05, 0.1) is 0 Å². The summed E-state index contributed by atoms with van der Waals surface area (Å²) in [5.41, 5.74) is 6.65. The summed E-state index contributed by atoms with van der Waals surface area (Å²) in [5.74, 6) is -0.371. The van der Waals surface area contributed by atoms with Crippen LogP contribution in [-0.2, 0) is 4.79 Å². The number of carboxylic acids is 1. The van der Waals surface area contributed by atoms with Crippen LogP contribution in [0.2, 0.25) is 0 Å². The summed E-state index contributed by atoms with van der Waals surface area (Å²) in [5, 5.41) is 8.31. The third kappa shape index (κ3) is 3.54. The Bertz CT molecular complexity index is 349. The minimum atomic E-state index is -0.861. The number of nitrogens with two attached hydrogens (primary N) is 1. The molecule has 1 aromatic carbocycles. The first kappa shape index (κ1) is 13.1. The molecule has 0 bridgehead atoms. The fourth-order valence-electron chi connectivity index (χ4n) is 1.29. The number of benzene rings is 1. The quantitative estimate of drug-likeness (QED) is 0.774. The predicted octanol–water partition coefficient (Wildman–Crippen LogP) is 2.31. The molecule has 0 saturated carbocycles. The lowest BCUT2D eigenvalue weighted by atomic mass is 10.0. The zero-order valence-corrected chi connectivity index (χ0v) is 10.3. The summed E-state index contributed by atoms with van der Waals surface area (Å²) in [6.07, 6.45) is 0. The normalized spacial score (nSPS) is 12.8. The summed E-state index contributed by atoms with van der Waals surface area (Å²) in [7, 11) is 0. The first-order valence-electron chi connectivity index (χ1n) is 5.24. The molecule has 0 fully saturated rings. The molecule has 0 heterocycles. The maximum absolute atomic E-state index is 10.8. The zero-order valence-electron chi connectivity index (χ0n) is 9.51. The maximum atomic E-state index is 10.8. The molecule has 0 saturated heterocycles. The highest BCUT2D eigenvalue weighted by molar-refractivity contribution is 8.00. The van der Waals surface area contributed by atoms with Crippen LogP contribution >= 0.6 is 11.8 Å². The van der Waals surface area contributed by atoms with Crippen molar-refractivity contribution < 1.29 is 9.90 Å². The molecular formula is C12H17NO2S. The first-order chi connectivity index (χ1) is 7.54. The lowest BCUT2D eigenvalue weighted by molar-refractivity contribution is -0.136.